The van der Waals surface area contributed by atoms with Gasteiger partial charge in [0.25, 0.3) is 0 Å². The number of carbonyl (C=O) groups is 1. The molecule has 0 unspecified atom stereocenters. The molecule has 0 atom stereocenters. The first-order chi connectivity index (χ1) is 11.7. The van der Waals surface area contributed by atoms with E-state index < -0.39 is 0 Å². The quantitative estimate of drug-likeness (QED) is 0.492. The number of hydrogen-bond acceptors (Lipinski definition) is 5. The first-order valence-corrected chi connectivity index (χ1v) is 10.2. The maximum Gasteiger partial charge on any atom is 0.234 e. The van der Waals surface area contributed by atoms with Crippen LogP contribution in [0.5, 0.6) is 0 Å². The third-order valence-electron chi connectivity index (χ3n) is 3.95. The van der Waals surface area contributed by atoms with Gasteiger partial charge in [0.15, 0.2) is 0 Å². The number of hydrogen-bond donors (Lipinski definition) is 1. The number of aryl methyl sites for hydroxylation is 2. The van der Waals surface area contributed by atoms with Crippen LogP contribution in [0.25, 0.3) is 10.2 Å². The smallest absolute Gasteiger partial charge is 0.234 e. The maximum atomic E-state index is 12.3. The largest absolute Gasteiger partial charge is 0.324 e. The monoisotopic (exact) mass is 419 g/mol. The summed E-state index contributed by atoms with van der Waals surface area (Å²) in [6.07, 6.45) is 5.04. The van der Waals surface area contributed by atoms with Crippen molar-refractivity contribution >= 4 is 60.8 Å². The van der Waals surface area contributed by atoms with E-state index in [9.17, 15) is 4.79 Å². The highest BCUT2D eigenvalue weighted by atomic mass is 79.9. The van der Waals surface area contributed by atoms with E-state index in [0.29, 0.717) is 5.75 Å². The zero-order valence-corrected chi connectivity index (χ0v) is 15.9. The molecule has 24 heavy (non-hydrogen) atoms. The summed E-state index contributed by atoms with van der Waals surface area (Å²) in [5, 5.41) is 5.01. The Balaban J connectivity index is 1.51. The topological polar surface area (TPSA) is 54.9 Å². The van der Waals surface area contributed by atoms with E-state index in [2.05, 4.69) is 31.2 Å². The van der Waals surface area contributed by atoms with Crippen molar-refractivity contribution in [3.63, 3.8) is 0 Å². The molecule has 1 aromatic carbocycles. The second-order valence-electron chi connectivity index (χ2n) is 5.53. The highest BCUT2D eigenvalue weighted by Crippen LogP contribution is 2.40. The Morgan fingerprint density at radius 3 is 3.04 bits per heavy atom. The van der Waals surface area contributed by atoms with Crippen LogP contribution in [0.3, 0.4) is 0 Å². The van der Waals surface area contributed by atoms with Crippen molar-refractivity contribution in [2.75, 3.05) is 11.1 Å². The first kappa shape index (κ1) is 16.1. The van der Waals surface area contributed by atoms with Crippen molar-refractivity contribution in [1.29, 1.82) is 0 Å². The summed E-state index contributed by atoms with van der Waals surface area (Å²) in [7, 11) is 0. The molecular formula is C17H14BrN3OS2. The predicted octanol–water partition coefficient (Wildman–Crippen LogP) is 4.67. The van der Waals surface area contributed by atoms with Crippen LogP contribution in [0.15, 0.2) is 40.1 Å². The van der Waals surface area contributed by atoms with Gasteiger partial charge in [0, 0.05) is 14.7 Å². The molecule has 0 saturated carbocycles. The van der Waals surface area contributed by atoms with Crippen LogP contribution in [0.4, 0.5) is 5.69 Å². The molecule has 0 bridgehead atoms. The Kier molecular flexibility index (Phi) is 4.56. The van der Waals surface area contributed by atoms with Crippen molar-refractivity contribution in [2.24, 2.45) is 0 Å². The number of halogens is 1. The molecule has 0 aliphatic heterocycles. The van der Waals surface area contributed by atoms with Crippen LogP contribution in [0.1, 0.15) is 16.9 Å². The Morgan fingerprint density at radius 2 is 2.17 bits per heavy atom. The molecule has 4 nitrogen and oxygen atoms in total. The van der Waals surface area contributed by atoms with Gasteiger partial charge in [-0.1, -0.05) is 23.9 Å². The minimum Gasteiger partial charge on any atom is -0.324 e. The number of anilines is 1. The molecule has 1 N–H and O–H groups in total. The number of amides is 1. The van der Waals surface area contributed by atoms with Crippen molar-refractivity contribution in [1.82, 2.24) is 9.97 Å². The lowest BCUT2D eigenvalue weighted by Crippen LogP contribution is -2.14. The molecule has 1 aliphatic carbocycles. The lowest BCUT2D eigenvalue weighted by Gasteiger charge is -2.07. The van der Waals surface area contributed by atoms with Crippen LogP contribution < -0.4 is 5.32 Å². The molecule has 0 saturated heterocycles. The SMILES string of the molecule is O=C(CSc1ncnc2sc3c(c12)CCC3)Nc1ccccc1Br. The fraction of sp³-hybridized carbons (Fsp3) is 0.235. The summed E-state index contributed by atoms with van der Waals surface area (Å²) >= 11 is 6.69. The van der Waals surface area contributed by atoms with Gasteiger partial charge in [0.2, 0.25) is 5.91 Å². The summed E-state index contributed by atoms with van der Waals surface area (Å²) in [5.41, 5.74) is 2.18. The number of nitrogens with one attached hydrogen (secondary N) is 1. The van der Waals surface area contributed by atoms with Gasteiger partial charge in [-0.25, -0.2) is 9.97 Å². The molecule has 3 aromatic rings. The average Bonchev–Trinajstić information content (AvgIpc) is 3.16. The van der Waals surface area contributed by atoms with Gasteiger partial charge in [-0.3, -0.25) is 4.79 Å². The summed E-state index contributed by atoms with van der Waals surface area (Å²) in [4.78, 5) is 23.6. The van der Waals surface area contributed by atoms with Crippen LogP contribution in [-0.4, -0.2) is 21.6 Å². The summed E-state index contributed by atoms with van der Waals surface area (Å²) in [6.45, 7) is 0. The van der Waals surface area contributed by atoms with Crippen molar-refractivity contribution in [2.45, 2.75) is 24.3 Å². The lowest BCUT2D eigenvalue weighted by molar-refractivity contribution is -0.113. The molecule has 0 fully saturated rings. The number of nitrogens with zero attached hydrogens (tertiary/aromatic N) is 2. The van der Waals surface area contributed by atoms with Crippen LogP contribution >= 0.6 is 39.0 Å². The lowest BCUT2D eigenvalue weighted by atomic mass is 10.2. The molecule has 0 spiro atoms. The zero-order valence-electron chi connectivity index (χ0n) is 12.7. The molecule has 122 valence electrons. The fourth-order valence-corrected chi connectivity index (χ4v) is 5.40. The molecule has 1 aliphatic rings. The molecular weight excluding hydrogens is 406 g/mol. The van der Waals surface area contributed by atoms with Crippen molar-refractivity contribution in [3.05, 3.63) is 45.5 Å². The van der Waals surface area contributed by atoms with Gasteiger partial charge in [0.1, 0.15) is 16.2 Å². The Labute approximate surface area is 156 Å². The number of rotatable bonds is 4. The molecule has 0 radical (unpaired) electrons. The zero-order chi connectivity index (χ0) is 16.5. The molecule has 1 amide bonds. The third kappa shape index (κ3) is 3.08. The number of para-hydroxylation sites is 1. The maximum absolute atomic E-state index is 12.3. The molecule has 2 aromatic heterocycles. The first-order valence-electron chi connectivity index (χ1n) is 7.65. The second kappa shape index (κ2) is 6.82. The van der Waals surface area contributed by atoms with Gasteiger partial charge in [0.05, 0.1) is 11.4 Å². The van der Waals surface area contributed by atoms with Crippen molar-refractivity contribution < 1.29 is 4.79 Å². The Hall–Kier alpha value is -1.44. The van der Waals surface area contributed by atoms with Gasteiger partial charge in [-0.2, -0.15) is 0 Å². The van der Waals surface area contributed by atoms with E-state index >= 15 is 0 Å². The molecule has 7 heteroatoms. The van der Waals surface area contributed by atoms with E-state index in [1.54, 1.807) is 17.7 Å². The van der Waals surface area contributed by atoms with Crippen molar-refractivity contribution in [3.8, 4) is 0 Å². The average molecular weight is 420 g/mol. The van der Waals surface area contributed by atoms with Crippen LogP contribution in [0, 0.1) is 0 Å². The molecule has 4 rings (SSSR count). The van der Waals surface area contributed by atoms with Gasteiger partial charge < -0.3 is 5.32 Å². The Morgan fingerprint density at radius 1 is 1.29 bits per heavy atom. The standard InChI is InChI=1S/C17H14BrN3OS2/c18-11-5-1-2-6-12(11)21-14(22)8-23-16-15-10-4-3-7-13(10)24-17(15)20-9-19-16/h1-2,5-6,9H,3-4,7-8H2,(H,21,22). The number of thiophene rings is 1. The second-order valence-corrected chi connectivity index (χ2v) is 8.44. The van der Waals surface area contributed by atoms with Gasteiger partial charge >= 0.3 is 0 Å². The summed E-state index contributed by atoms with van der Waals surface area (Å²) in [5.74, 6) is 0.295. The van der Waals surface area contributed by atoms with E-state index in [0.717, 1.165) is 38.2 Å². The number of aromatic nitrogens is 2. The predicted molar refractivity (Wildman–Crippen MR) is 103 cm³/mol. The van der Waals surface area contributed by atoms with E-state index in [1.807, 2.05) is 24.3 Å². The summed E-state index contributed by atoms with van der Waals surface area (Å²) < 4.78 is 0.878. The number of fused-ring (bicyclic) bond motifs is 3. The van der Waals surface area contributed by atoms with Crippen LogP contribution in [-0.2, 0) is 17.6 Å². The normalized spacial score (nSPS) is 13.2. The van der Waals surface area contributed by atoms with E-state index in [1.165, 1.54) is 28.6 Å². The number of benzene rings is 1. The summed E-state index contributed by atoms with van der Waals surface area (Å²) in [6, 6.07) is 7.60. The molecule has 2 heterocycles. The highest BCUT2D eigenvalue weighted by molar-refractivity contribution is 9.10. The third-order valence-corrected chi connectivity index (χ3v) is 6.84. The highest BCUT2D eigenvalue weighted by Gasteiger charge is 2.21. The fourth-order valence-electron chi connectivity index (χ4n) is 2.89. The number of thioether (sulfide) groups is 1. The van der Waals surface area contributed by atoms with E-state index in [4.69, 9.17) is 0 Å². The minimum atomic E-state index is -0.0365. The van der Waals surface area contributed by atoms with Gasteiger partial charge in [-0.05, 0) is 52.9 Å². The van der Waals surface area contributed by atoms with E-state index in [-0.39, 0.29) is 5.91 Å². The minimum absolute atomic E-state index is 0.0365. The number of carbonyl (C=O) groups excluding carboxylic acids is 1. The van der Waals surface area contributed by atoms with Crippen LogP contribution in [0.2, 0.25) is 0 Å². The Bertz CT molecular complexity index is 925. The van der Waals surface area contributed by atoms with Gasteiger partial charge in [-0.15, -0.1) is 11.3 Å².